The smallest absolute Gasteiger partial charge is 0.298 e. The third kappa shape index (κ3) is 5.09. The van der Waals surface area contributed by atoms with Crippen LogP contribution in [0.4, 0.5) is 0 Å². The zero-order valence-corrected chi connectivity index (χ0v) is 15.8. The molecule has 0 atom stereocenters. The average Bonchev–Trinajstić information content (AvgIpc) is 2.52. The van der Waals surface area contributed by atoms with Crippen LogP contribution in [0.5, 0.6) is 11.5 Å². The molecule has 0 bridgehead atoms. The highest BCUT2D eigenvalue weighted by Gasteiger charge is 2.21. The van der Waals surface area contributed by atoms with E-state index in [2.05, 4.69) is 15.0 Å². The van der Waals surface area contributed by atoms with Crippen LogP contribution in [0.15, 0.2) is 23.4 Å². The fourth-order valence-electron chi connectivity index (χ4n) is 2.20. The minimum absolute atomic E-state index is 0.0753. The van der Waals surface area contributed by atoms with E-state index in [1.165, 1.54) is 26.6 Å². The molecule has 0 amide bonds. The Hall–Kier alpha value is -2.31. The molecule has 26 heavy (non-hydrogen) atoms. The topological polar surface area (TPSA) is 146 Å². The van der Waals surface area contributed by atoms with Crippen LogP contribution in [0.2, 0.25) is 0 Å². The molecule has 0 aliphatic carbocycles. The van der Waals surface area contributed by atoms with Crippen molar-refractivity contribution >= 4 is 20.0 Å². The molecule has 0 aliphatic rings. The van der Waals surface area contributed by atoms with Gasteiger partial charge in [-0.25, -0.2) is 23.4 Å². The van der Waals surface area contributed by atoms with Crippen molar-refractivity contribution < 1.29 is 30.9 Å². The van der Waals surface area contributed by atoms with Crippen LogP contribution in [0.1, 0.15) is 17.2 Å². The summed E-state index contributed by atoms with van der Waals surface area (Å²) in [5, 5.41) is 0. The third-order valence-electron chi connectivity index (χ3n) is 3.26. The van der Waals surface area contributed by atoms with Crippen molar-refractivity contribution in [2.45, 2.75) is 17.1 Å². The van der Waals surface area contributed by atoms with Gasteiger partial charge in [-0.05, 0) is 6.07 Å². The highest BCUT2D eigenvalue weighted by Crippen LogP contribution is 2.32. The second kappa shape index (κ2) is 7.51. The van der Waals surface area contributed by atoms with Crippen LogP contribution in [0, 0.1) is 0 Å². The van der Waals surface area contributed by atoms with Gasteiger partial charge in [0.2, 0.25) is 0 Å². The molecule has 142 valence electrons. The Labute approximate surface area is 150 Å². The predicted molar refractivity (Wildman–Crippen MR) is 90.5 cm³/mol. The van der Waals surface area contributed by atoms with E-state index in [0.29, 0.717) is 5.56 Å². The van der Waals surface area contributed by atoms with Crippen molar-refractivity contribution in [3.8, 4) is 11.5 Å². The molecule has 1 aromatic heterocycles. The van der Waals surface area contributed by atoms with E-state index in [0.717, 1.165) is 12.3 Å². The maximum atomic E-state index is 11.5. The standard InChI is InChI=1S/C14H17N3O7S2/c1-23-10-6-12(26(20,21)22)11(24-2)4-9(10)5-13-15-8-16-14(17-13)7-25(3,18)19/h4,6,8H,5,7H2,1-3H3,(H,20,21,22). The van der Waals surface area contributed by atoms with Gasteiger partial charge in [0.1, 0.15) is 40.1 Å². The second-order valence-electron chi connectivity index (χ2n) is 5.35. The van der Waals surface area contributed by atoms with Crippen molar-refractivity contribution in [1.29, 1.82) is 0 Å². The first-order chi connectivity index (χ1) is 12.0. The Kier molecular flexibility index (Phi) is 5.78. The van der Waals surface area contributed by atoms with Crippen molar-refractivity contribution in [1.82, 2.24) is 15.0 Å². The van der Waals surface area contributed by atoms with Gasteiger partial charge in [0, 0.05) is 24.3 Å². The molecule has 2 rings (SSSR count). The fourth-order valence-corrected chi connectivity index (χ4v) is 3.46. The van der Waals surface area contributed by atoms with E-state index in [1.807, 2.05) is 0 Å². The van der Waals surface area contributed by atoms with Gasteiger partial charge in [0.15, 0.2) is 9.84 Å². The summed E-state index contributed by atoms with van der Waals surface area (Å²) in [5.74, 6) is 0.124. The number of methoxy groups -OCH3 is 2. The Morgan fingerprint density at radius 3 is 2.15 bits per heavy atom. The largest absolute Gasteiger partial charge is 0.496 e. The molecular formula is C14H17N3O7S2. The van der Waals surface area contributed by atoms with Gasteiger partial charge in [0.25, 0.3) is 10.1 Å². The van der Waals surface area contributed by atoms with Crippen molar-refractivity contribution in [2.75, 3.05) is 20.5 Å². The van der Waals surface area contributed by atoms with Gasteiger partial charge in [0.05, 0.1) is 14.2 Å². The number of sulfone groups is 1. The van der Waals surface area contributed by atoms with Gasteiger partial charge >= 0.3 is 0 Å². The van der Waals surface area contributed by atoms with Gasteiger partial charge < -0.3 is 9.47 Å². The van der Waals surface area contributed by atoms with E-state index >= 15 is 0 Å². The highest BCUT2D eigenvalue weighted by atomic mass is 32.2. The summed E-state index contributed by atoms with van der Waals surface area (Å²) in [4.78, 5) is 11.5. The van der Waals surface area contributed by atoms with Crippen LogP contribution < -0.4 is 9.47 Å². The number of hydrogen-bond donors (Lipinski definition) is 1. The molecular weight excluding hydrogens is 386 g/mol. The van der Waals surface area contributed by atoms with E-state index in [-0.39, 0.29) is 35.3 Å². The molecule has 0 radical (unpaired) electrons. The summed E-state index contributed by atoms with van der Waals surface area (Å²) in [6.45, 7) is 0. The molecule has 1 aromatic carbocycles. The molecule has 0 spiro atoms. The number of benzene rings is 1. The normalized spacial score (nSPS) is 12.0. The van der Waals surface area contributed by atoms with E-state index in [4.69, 9.17) is 9.47 Å². The SMILES string of the molecule is COc1cc(S(=O)(=O)O)c(OC)cc1Cc1ncnc(CS(C)(=O)=O)n1. The maximum absolute atomic E-state index is 11.5. The molecule has 2 aromatic rings. The van der Waals surface area contributed by atoms with Crippen molar-refractivity contribution in [3.05, 3.63) is 35.7 Å². The Balaban J connectivity index is 2.45. The summed E-state index contributed by atoms with van der Waals surface area (Å²) >= 11 is 0. The lowest BCUT2D eigenvalue weighted by Gasteiger charge is -2.13. The second-order valence-corrected chi connectivity index (χ2v) is 8.88. The van der Waals surface area contributed by atoms with E-state index in [9.17, 15) is 21.4 Å². The van der Waals surface area contributed by atoms with Gasteiger partial charge in [-0.15, -0.1) is 0 Å². The quantitative estimate of drug-likeness (QED) is 0.639. The summed E-state index contributed by atoms with van der Waals surface area (Å²) < 4.78 is 65.1. The highest BCUT2D eigenvalue weighted by molar-refractivity contribution is 7.89. The summed E-state index contributed by atoms with van der Waals surface area (Å²) in [6.07, 6.45) is 2.36. The number of hydrogen-bond acceptors (Lipinski definition) is 9. The first-order valence-corrected chi connectivity index (χ1v) is 10.6. The minimum Gasteiger partial charge on any atom is -0.496 e. The Morgan fingerprint density at radius 2 is 1.62 bits per heavy atom. The first kappa shape index (κ1) is 20.0. The number of ether oxygens (including phenoxy) is 2. The molecule has 10 nitrogen and oxygen atoms in total. The molecule has 12 heteroatoms. The van der Waals surface area contributed by atoms with Crippen molar-refractivity contribution in [2.24, 2.45) is 0 Å². The van der Waals surface area contributed by atoms with Gasteiger partial charge in [-0.1, -0.05) is 0 Å². The Morgan fingerprint density at radius 1 is 1.00 bits per heavy atom. The van der Waals surface area contributed by atoms with Crippen LogP contribution in [-0.4, -0.2) is 56.8 Å². The third-order valence-corrected chi connectivity index (χ3v) is 4.91. The maximum Gasteiger partial charge on any atom is 0.298 e. The van der Waals surface area contributed by atoms with Gasteiger partial charge in [-0.3, -0.25) is 4.55 Å². The Bertz CT molecular complexity index is 1020. The molecule has 0 saturated carbocycles. The minimum atomic E-state index is -4.51. The lowest BCUT2D eigenvalue weighted by Crippen LogP contribution is -2.09. The lowest BCUT2D eigenvalue weighted by atomic mass is 10.1. The zero-order valence-electron chi connectivity index (χ0n) is 14.2. The zero-order chi connectivity index (χ0) is 19.5. The molecule has 0 fully saturated rings. The van der Waals surface area contributed by atoms with Crippen molar-refractivity contribution in [3.63, 3.8) is 0 Å². The summed E-state index contributed by atoms with van der Waals surface area (Å²) in [5.41, 5.74) is 0.480. The van der Waals surface area contributed by atoms with E-state index in [1.54, 1.807) is 0 Å². The first-order valence-electron chi connectivity index (χ1n) is 7.10. The van der Waals surface area contributed by atoms with Gasteiger partial charge in [-0.2, -0.15) is 8.42 Å². The molecule has 0 aliphatic heterocycles. The van der Waals surface area contributed by atoms with Crippen LogP contribution >= 0.6 is 0 Å². The molecule has 1 heterocycles. The summed E-state index contributed by atoms with van der Waals surface area (Å²) in [7, 11) is -5.22. The molecule has 0 unspecified atom stereocenters. The number of aromatic nitrogens is 3. The fraction of sp³-hybridized carbons (Fsp3) is 0.357. The predicted octanol–water partition coefficient (Wildman–Crippen LogP) is 0.271. The average molecular weight is 403 g/mol. The van der Waals surface area contributed by atoms with Crippen LogP contribution in [-0.2, 0) is 32.1 Å². The van der Waals surface area contributed by atoms with Crippen LogP contribution in [0.3, 0.4) is 0 Å². The van der Waals surface area contributed by atoms with E-state index < -0.39 is 24.9 Å². The van der Waals surface area contributed by atoms with Crippen LogP contribution in [0.25, 0.3) is 0 Å². The molecule has 0 saturated heterocycles. The lowest BCUT2D eigenvalue weighted by molar-refractivity contribution is 0.385. The molecule has 1 N–H and O–H groups in total. The number of rotatable bonds is 7. The summed E-state index contributed by atoms with van der Waals surface area (Å²) in [6, 6.07) is 2.50. The number of nitrogens with zero attached hydrogens (tertiary/aromatic N) is 3. The monoisotopic (exact) mass is 403 g/mol.